The largest absolute Gasteiger partial charge is 0.343 e. The summed E-state index contributed by atoms with van der Waals surface area (Å²) in [5, 5.41) is 2.64. The summed E-state index contributed by atoms with van der Waals surface area (Å²) in [6.07, 6.45) is 0.868. The van der Waals surface area contributed by atoms with Gasteiger partial charge in [-0.3, -0.25) is 9.59 Å². The van der Waals surface area contributed by atoms with Crippen LogP contribution in [0.4, 0.5) is 5.69 Å². The van der Waals surface area contributed by atoms with Crippen molar-refractivity contribution in [2.45, 2.75) is 20.3 Å². The van der Waals surface area contributed by atoms with Gasteiger partial charge in [0, 0.05) is 6.54 Å². The van der Waals surface area contributed by atoms with Crippen LogP contribution < -0.4 is 10.2 Å². The highest BCUT2D eigenvalue weighted by Gasteiger charge is 2.25. The Balaban J connectivity index is 2.52. The first kappa shape index (κ1) is 11.6. The molecule has 90 valence electrons. The van der Waals surface area contributed by atoms with Gasteiger partial charge in [-0.2, -0.15) is 0 Å². The summed E-state index contributed by atoms with van der Waals surface area (Å²) < 4.78 is 0. The standard InChI is InChI=1S/C13H16N2O2/c1-3-6-15-11-5-4-9(2)7-10(11)13(17)14-8-12(15)16/h4-5,7H,3,6,8H2,1-2H3,(H,14,17). The van der Waals surface area contributed by atoms with E-state index in [2.05, 4.69) is 5.32 Å². The van der Waals surface area contributed by atoms with Crippen LogP contribution >= 0.6 is 0 Å². The van der Waals surface area contributed by atoms with Crippen LogP contribution in [0, 0.1) is 6.92 Å². The number of aryl methyl sites for hydroxylation is 1. The molecule has 0 aromatic heterocycles. The summed E-state index contributed by atoms with van der Waals surface area (Å²) >= 11 is 0. The second-order valence-corrected chi connectivity index (χ2v) is 4.25. The summed E-state index contributed by atoms with van der Waals surface area (Å²) in [5.41, 5.74) is 2.33. The van der Waals surface area contributed by atoms with Gasteiger partial charge in [-0.15, -0.1) is 0 Å². The topological polar surface area (TPSA) is 49.4 Å². The zero-order chi connectivity index (χ0) is 12.4. The molecule has 2 amide bonds. The van der Waals surface area contributed by atoms with Gasteiger partial charge in [0.1, 0.15) is 0 Å². The Morgan fingerprint density at radius 1 is 1.35 bits per heavy atom. The van der Waals surface area contributed by atoms with Gasteiger partial charge in [0.25, 0.3) is 5.91 Å². The van der Waals surface area contributed by atoms with Crippen LogP contribution in [-0.2, 0) is 4.79 Å². The third kappa shape index (κ3) is 2.16. The van der Waals surface area contributed by atoms with Crippen LogP contribution in [0.2, 0.25) is 0 Å². The number of hydrogen-bond acceptors (Lipinski definition) is 2. The molecule has 0 saturated heterocycles. The number of benzene rings is 1. The summed E-state index contributed by atoms with van der Waals surface area (Å²) in [7, 11) is 0. The van der Waals surface area contributed by atoms with E-state index in [1.54, 1.807) is 4.90 Å². The molecule has 0 unspecified atom stereocenters. The maximum absolute atomic E-state index is 11.9. The Labute approximate surface area is 101 Å². The lowest BCUT2D eigenvalue weighted by atomic mass is 10.1. The van der Waals surface area contributed by atoms with Crippen molar-refractivity contribution in [2.75, 3.05) is 18.0 Å². The van der Waals surface area contributed by atoms with Crippen molar-refractivity contribution in [1.82, 2.24) is 5.32 Å². The maximum atomic E-state index is 11.9. The molecule has 1 aromatic carbocycles. The lowest BCUT2D eigenvalue weighted by molar-refractivity contribution is -0.117. The molecule has 0 aliphatic carbocycles. The highest BCUT2D eigenvalue weighted by Crippen LogP contribution is 2.24. The van der Waals surface area contributed by atoms with Gasteiger partial charge < -0.3 is 10.2 Å². The number of nitrogens with one attached hydrogen (secondary N) is 1. The van der Waals surface area contributed by atoms with Gasteiger partial charge in [-0.1, -0.05) is 18.6 Å². The highest BCUT2D eigenvalue weighted by atomic mass is 16.2. The molecule has 0 fully saturated rings. The van der Waals surface area contributed by atoms with Crippen molar-refractivity contribution >= 4 is 17.5 Å². The third-order valence-corrected chi connectivity index (χ3v) is 2.84. The fourth-order valence-electron chi connectivity index (χ4n) is 2.02. The van der Waals surface area contributed by atoms with Crippen LogP contribution in [0.25, 0.3) is 0 Å². The molecule has 0 bridgehead atoms. The number of carbonyl (C=O) groups is 2. The van der Waals surface area contributed by atoms with Crippen molar-refractivity contribution in [3.63, 3.8) is 0 Å². The van der Waals surface area contributed by atoms with Crippen LogP contribution in [0.1, 0.15) is 29.3 Å². The average Bonchev–Trinajstić information content (AvgIpc) is 2.42. The minimum Gasteiger partial charge on any atom is -0.343 e. The smallest absolute Gasteiger partial charge is 0.253 e. The van der Waals surface area contributed by atoms with Crippen molar-refractivity contribution < 1.29 is 9.59 Å². The van der Waals surface area contributed by atoms with E-state index >= 15 is 0 Å². The summed E-state index contributed by atoms with van der Waals surface area (Å²) in [5.74, 6) is -0.224. The van der Waals surface area contributed by atoms with Gasteiger partial charge >= 0.3 is 0 Å². The Morgan fingerprint density at radius 3 is 2.82 bits per heavy atom. The minimum atomic E-state index is -0.171. The van der Waals surface area contributed by atoms with E-state index in [0.717, 1.165) is 17.7 Å². The normalized spacial score (nSPS) is 15.3. The summed E-state index contributed by atoms with van der Waals surface area (Å²) in [6, 6.07) is 5.60. The number of nitrogens with zero attached hydrogens (tertiary/aromatic N) is 1. The van der Waals surface area contributed by atoms with E-state index < -0.39 is 0 Å². The van der Waals surface area contributed by atoms with Crippen molar-refractivity contribution in [3.05, 3.63) is 29.3 Å². The molecule has 1 aliphatic rings. The molecule has 17 heavy (non-hydrogen) atoms. The van der Waals surface area contributed by atoms with Crippen LogP contribution in [0.15, 0.2) is 18.2 Å². The van der Waals surface area contributed by atoms with Crippen LogP contribution in [0.3, 0.4) is 0 Å². The predicted molar refractivity (Wildman–Crippen MR) is 66.2 cm³/mol. The third-order valence-electron chi connectivity index (χ3n) is 2.84. The van der Waals surface area contributed by atoms with E-state index in [1.165, 1.54) is 0 Å². The molecule has 0 saturated carbocycles. The number of rotatable bonds is 2. The van der Waals surface area contributed by atoms with Crippen molar-refractivity contribution in [2.24, 2.45) is 0 Å². The van der Waals surface area contributed by atoms with E-state index in [9.17, 15) is 9.59 Å². The Morgan fingerprint density at radius 2 is 2.12 bits per heavy atom. The average molecular weight is 232 g/mol. The molecule has 0 spiro atoms. The Hall–Kier alpha value is -1.84. The Kier molecular flexibility index (Phi) is 3.13. The van der Waals surface area contributed by atoms with Gasteiger partial charge in [0.2, 0.25) is 5.91 Å². The second-order valence-electron chi connectivity index (χ2n) is 4.25. The fourth-order valence-corrected chi connectivity index (χ4v) is 2.02. The lowest BCUT2D eigenvalue weighted by Gasteiger charge is -2.21. The number of amides is 2. The molecule has 4 heteroatoms. The second kappa shape index (κ2) is 4.57. The van der Waals surface area contributed by atoms with Crippen molar-refractivity contribution in [3.8, 4) is 0 Å². The first-order valence-corrected chi connectivity index (χ1v) is 5.82. The van der Waals surface area contributed by atoms with Crippen LogP contribution in [0.5, 0.6) is 0 Å². The zero-order valence-electron chi connectivity index (χ0n) is 10.1. The molecule has 4 nitrogen and oxygen atoms in total. The molecular formula is C13H16N2O2. The summed E-state index contributed by atoms with van der Waals surface area (Å²) in [4.78, 5) is 25.5. The SMILES string of the molecule is CCCN1C(=O)CNC(=O)c2cc(C)ccc21. The number of fused-ring (bicyclic) bond motifs is 1. The van der Waals surface area contributed by atoms with Gasteiger partial charge in [-0.05, 0) is 25.5 Å². The van der Waals surface area contributed by atoms with Crippen LogP contribution in [-0.4, -0.2) is 24.9 Å². The maximum Gasteiger partial charge on any atom is 0.253 e. The molecule has 1 heterocycles. The highest BCUT2D eigenvalue weighted by molar-refractivity contribution is 6.09. The molecule has 1 aliphatic heterocycles. The van der Waals surface area contributed by atoms with Gasteiger partial charge in [0.15, 0.2) is 0 Å². The molecule has 2 rings (SSSR count). The minimum absolute atomic E-state index is 0.0530. The molecule has 1 N–H and O–H groups in total. The first-order valence-electron chi connectivity index (χ1n) is 5.82. The molecule has 0 radical (unpaired) electrons. The van der Waals surface area contributed by atoms with Crippen molar-refractivity contribution in [1.29, 1.82) is 0 Å². The van der Waals surface area contributed by atoms with Gasteiger partial charge in [-0.25, -0.2) is 0 Å². The lowest BCUT2D eigenvalue weighted by Crippen LogP contribution is -2.36. The quantitative estimate of drug-likeness (QED) is 0.839. The fraction of sp³-hybridized carbons (Fsp3) is 0.385. The first-order chi connectivity index (χ1) is 8.13. The number of anilines is 1. The van der Waals surface area contributed by atoms with E-state index in [0.29, 0.717) is 12.1 Å². The van der Waals surface area contributed by atoms with Gasteiger partial charge in [0.05, 0.1) is 17.8 Å². The molecular weight excluding hydrogens is 216 g/mol. The van der Waals surface area contributed by atoms with E-state index in [4.69, 9.17) is 0 Å². The molecule has 0 atom stereocenters. The van der Waals surface area contributed by atoms with E-state index in [-0.39, 0.29) is 18.4 Å². The monoisotopic (exact) mass is 232 g/mol. The van der Waals surface area contributed by atoms with E-state index in [1.807, 2.05) is 32.0 Å². The zero-order valence-corrected chi connectivity index (χ0v) is 10.1. The summed E-state index contributed by atoms with van der Waals surface area (Å²) in [6.45, 7) is 4.67. The predicted octanol–water partition coefficient (Wildman–Crippen LogP) is 1.48. The molecule has 1 aromatic rings. The Bertz CT molecular complexity index is 468. The number of carbonyl (C=O) groups excluding carboxylic acids is 2. The number of hydrogen-bond donors (Lipinski definition) is 1.